The molecule has 4 nitrogen and oxygen atoms in total. The number of benzene rings is 2. The van der Waals surface area contributed by atoms with E-state index in [-0.39, 0.29) is 12.0 Å². The van der Waals surface area contributed by atoms with Crippen molar-refractivity contribution in [3.05, 3.63) is 65.7 Å². The third kappa shape index (κ3) is 5.75. The minimum atomic E-state index is -0.541. The van der Waals surface area contributed by atoms with Crippen LogP contribution in [0.15, 0.2) is 54.6 Å². The van der Waals surface area contributed by atoms with Crippen LogP contribution >= 0.6 is 0 Å². The second-order valence-electron chi connectivity index (χ2n) is 5.82. The maximum atomic E-state index is 12.1. The Hall–Kier alpha value is -2.33. The lowest BCUT2D eigenvalue weighted by molar-refractivity contribution is -0.122. The van der Waals surface area contributed by atoms with E-state index in [0.717, 1.165) is 16.9 Å². The summed E-state index contributed by atoms with van der Waals surface area (Å²) in [5, 5.41) is 2.87. The average Bonchev–Trinajstić information content (AvgIpc) is 2.54. The van der Waals surface area contributed by atoms with Gasteiger partial charge in [0.2, 0.25) is 5.91 Å². The number of amides is 1. The third-order valence-electron chi connectivity index (χ3n) is 3.40. The molecule has 1 amide bonds. The summed E-state index contributed by atoms with van der Waals surface area (Å²) in [5.74, 6) is 0.687. The van der Waals surface area contributed by atoms with Crippen molar-refractivity contribution in [3.8, 4) is 5.75 Å². The average molecular weight is 312 g/mol. The van der Waals surface area contributed by atoms with Gasteiger partial charge in [-0.2, -0.15) is 0 Å². The fourth-order valence-electron chi connectivity index (χ4n) is 2.24. The molecule has 0 spiro atoms. The van der Waals surface area contributed by atoms with Crippen LogP contribution in [0, 0.1) is 0 Å². The summed E-state index contributed by atoms with van der Waals surface area (Å²) in [7, 11) is 0. The normalized spacial score (nSPS) is 12.0. The zero-order chi connectivity index (χ0) is 16.7. The van der Waals surface area contributed by atoms with Gasteiger partial charge >= 0.3 is 0 Å². The Morgan fingerprint density at radius 1 is 1.04 bits per heavy atom. The summed E-state index contributed by atoms with van der Waals surface area (Å²) in [4.78, 5) is 12.1. The molecule has 2 aromatic rings. The van der Waals surface area contributed by atoms with Crippen LogP contribution in [0.25, 0.3) is 0 Å². The monoisotopic (exact) mass is 312 g/mol. The summed E-state index contributed by atoms with van der Waals surface area (Å²) in [6.07, 6.45) is 0.685. The molecular weight excluding hydrogens is 288 g/mol. The molecule has 0 fully saturated rings. The molecule has 0 saturated carbocycles. The van der Waals surface area contributed by atoms with Crippen LogP contribution in [0.4, 0.5) is 0 Å². The van der Waals surface area contributed by atoms with Crippen molar-refractivity contribution in [3.63, 3.8) is 0 Å². The van der Waals surface area contributed by atoms with Gasteiger partial charge in [-0.1, -0.05) is 42.5 Å². The predicted molar refractivity (Wildman–Crippen MR) is 92.2 cm³/mol. The Morgan fingerprint density at radius 2 is 1.70 bits per heavy atom. The number of rotatable bonds is 7. The molecule has 0 heterocycles. The first-order valence-corrected chi connectivity index (χ1v) is 7.87. The van der Waals surface area contributed by atoms with E-state index in [9.17, 15) is 4.79 Å². The highest BCUT2D eigenvalue weighted by Crippen LogP contribution is 2.13. The topological polar surface area (TPSA) is 64.3 Å². The minimum absolute atomic E-state index is 0.142. The summed E-state index contributed by atoms with van der Waals surface area (Å²) >= 11 is 0. The van der Waals surface area contributed by atoms with Gasteiger partial charge in [0.05, 0.1) is 12.1 Å². The number of ether oxygens (including phenoxy) is 1. The van der Waals surface area contributed by atoms with E-state index in [1.54, 1.807) is 0 Å². The third-order valence-corrected chi connectivity index (χ3v) is 3.40. The second kappa shape index (κ2) is 8.34. The van der Waals surface area contributed by atoms with Gasteiger partial charge in [-0.25, -0.2) is 0 Å². The number of nitrogens with two attached hydrogens (primary N) is 1. The molecule has 2 aromatic carbocycles. The van der Waals surface area contributed by atoms with Gasteiger partial charge in [-0.05, 0) is 43.5 Å². The van der Waals surface area contributed by atoms with Crippen molar-refractivity contribution in [1.82, 2.24) is 5.32 Å². The van der Waals surface area contributed by atoms with Crippen molar-refractivity contribution >= 4 is 5.91 Å². The molecule has 0 aliphatic heterocycles. The van der Waals surface area contributed by atoms with E-state index < -0.39 is 6.04 Å². The molecular formula is C19H24N2O2. The Balaban J connectivity index is 1.81. The van der Waals surface area contributed by atoms with Crippen LogP contribution in [0.1, 0.15) is 25.0 Å². The summed E-state index contributed by atoms with van der Waals surface area (Å²) in [5.41, 5.74) is 8.04. The molecule has 0 saturated heterocycles. The Labute approximate surface area is 137 Å². The van der Waals surface area contributed by atoms with E-state index in [4.69, 9.17) is 10.5 Å². The molecule has 0 aromatic heterocycles. The van der Waals surface area contributed by atoms with Crippen LogP contribution in [0.3, 0.4) is 0 Å². The number of carbonyl (C=O) groups is 1. The van der Waals surface area contributed by atoms with Gasteiger partial charge in [-0.3, -0.25) is 4.79 Å². The van der Waals surface area contributed by atoms with Crippen molar-refractivity contribution < 1.29 is 9.53 Å². The Morgan fingerprint density at radius 3 is 2.30 bits per heavy atom. The van der Waals surface area contributed by atoms with Crippen LogP contribution in [0.5, 0.6) is 5.75 Å². The lowest BCUT2D eigenvalue weighted by Crippen LogP contribution is -2.41. The number of carbonyl (C=O) groups excluding carboxylic acids is 1. The van der Waals surface area contributed by atoms with Gasteiger partial charge in [0, 0.05) is 6.54 Å². The van der Waals surface area contributed by atoms with E-state index in [1.807, 2.05) is 68.4 Å². The van der Waals surface area contributed by atoms with E-state index >= 15 is 0 Å². The highest BCUT2D eigenvalue weighted by atomic mass is 16.5. The lowest BCUT2D eigenvalue weighted by Gasteiger charge is -2.13. The van der Waals surface area contributed by atoms with Gasteiger partial charge in [0.1, 0.15) is 5.75 Å². The van der Waals surface area contributed by atoms with Crippen molar-refractivity contribution in [2.75, 3.05) is 0 Å². The Kier molecular flexibility index (Phi) is 6.18. The zero-order valence-electron chi connectivity index (χ0n) is 13.7. The molecule has 4 heteroatoms. The number of nitrogens with one attached hydrogen (secondary N) is 1. The molecule has 0 aliphatic carbocycles. The molecule has 1 unspecified atom stereocenters. The van der Waals surface area contributed by atoms with Gasteiger partial charge in [0.25, 0.3) is 0 Å². The molecule has 1 atom stereocenters. The van der Waals surface area contributed by atoms with Gasteiger partial charge < -0.3 is 15.8 Å². The fourth-order valence-corrected chi connectivity index (χ4v) is 2.24. The fraction of sp³-hybridized carbons (Fsp3) is 0.316. The van der Waals surface area contributed by atoms with E-state index in [0.29, 0.717) is 13.0 Å². The largest absolute Gasteiger partial charge is 0.491 e. The van der Waals surface area contributed by atoms with Crippen LogP contribution in [-0.2, 0) is 17.8 Å². The first kappa shape index (κ1) is 17.0. The van der Waals surface area contributed by atoms with E-state index in [1.165, 1.54) is 0 Å². The standard InChI is InChI=1S/C19H24N2O2/c1-14(2)23-17-10-8-16(9-11-17)13-21-19(22)18(20)12-15-6-4-3-5-7-15/h3-11,14,18H,12-13,20H2,1-2H3,(H,21,22). The molecule has 23 heavy (non-hydrogen) atoms. The summed E-state index contributed by atoms with van der Waals surface area (Å²) in [6.45, 7) is 4.44. The maximum absolute atomic E-state index is 12.1. The quantitative estimate of drug-likeness (QED) is 0.826. The van der Waals surface area contributed by atoms with Crippen LogP contribution < -0.4 is 15.8 Å². The molecule has 122 valence electrons. The SMILES string of the molecule is CC(C)Oc1ccc(CNC(=O)C(N)Cc2ccccc2)cc1. The second-order valence-corrected chi connectivity index (χ2v) is 5.82. The molecule has 3 N–H and O–H groups in total. The van der Waals surface area contributed by atoms with Crippen LogP contribution in [0.2, 0.25) is 0 Å². The molecule has 0 radical (unpaired) electrons. The highest BCUT2D eigenvalue weighted by Gasteiger charge is 2.13. The highest BCUT2D eigenvalue weighted by molar-refractivity contribution is 5.81. The first-order valence-electron chi connectivity index (χ1n) is 7.87. The van der Waals surface area contributed by atoms with Crippen molar-refractivity contribution in [2.45, 2.75) is 39.0 Å². The van der Waals surface area contributed by atoms with Gasteiger partial charge in [0.15, 0.2) is 0 Å². The first-order chi connectivity index (χ1) is 11.0. The summed E-state index contributed by atoms with van der Waals surface area (Å²) in [6, 6.07) is 16.9. The number of hydrogen-bond donors (Lipinski definition) is 2. The smallest absolute Gasteiger partial charge is 0.237 e. The van der Waals surface area contributed by atoms with E-state index in [2.05, 4.69) is 5.32 Å². The summed E-state index contributed by atoms with van der Waals surface area (Å²) < 4.78 is 5.59. The lowest BCUT2D eigenvalue weighted by atomic mass is 10.1. The molecule has 2 rings (SSSR count). The Bertz CT molecular complexity index is 609. The van der Waals surface area contributed by atoms with Crippen molar-refractivity contribution in [2.24, 2.45) is 5.73 Å². The number of hydrogen-bond acceptors (Lipinski definition) is 3. The zero-order valence-corrected chi connectivity index (χ0v) is 13.7. The maximum Gasteiger partial charge on any atom is 0.237 e. The van der Waals surface area contributed by atoms with Gasteiger partial charge in [-0.15, -0.1) is 0 Å². The molecule has 0 aliphatic rings. The minimum Gasteiger partial charge on any atom is -0.491 e. The van der Waals surface area contributed by atoms with Crippen LogP contribution in [-0.4, -0.2) is 18.1 Å². The van der Waals surface area contributed by atoms with Crippen molar-refractivity contribution in [1.29, 1.82) is 0 Å². The predicted octanol–water partition coefficient (Wildman–Crippen LogP) is 2.66. The molecule has 0 bridgehead atoms.